The fraction of sp³-hybridized carbons (Fsp3) is 0.600. The van der Waals surface area contributed by atoms with Gasteiger partial charge in [0.25, 0.3) is 5.56 Å². The molecule has 0 radical (unpaired) electrons. The minimum Gasteiger partial charge on any atom is -0.464 e. The van der Waals surface area contributed by atoms with Gasteiger partial charge in [-0.25, -0.2) is 0 Å². The molecule has 0 aliphatic heterocycles. The molecule has 2 saturated carbocycles. The van der Waals surface area contributed by atoms with E-state index in [9.17, 15) is 9.59 Å². The lowest BCUT2D eigenvalue weighted by atomic mass is 9.90. The van der Waals surface area contributed by atoms with Crippen molar-refractivity contribution >= 4 is 11.7 Å². The first-order valence-corrected chi connectivity index (χ1v) is 7.23. The van der Waals surface area contributed by atoms with Crippen molar-refractivity contribution in [3.05, 3.63) is 28.7 Å². The van der Waals surface area contributed by atoms with E-state index in [-0.39, 0.29) is 18.1 Å². The second-order valence-corrected chi connectivity index (χ2v) is 6.05. The van der Waals surface area contributed by atoms with Gasteiger partial charge in [0.1, 0.15) is 6.54 Å². The number of hydrogen-bond acceptors (Lipinski definition) is 4. The Labute approximate surface area is 117 Å². The summed E-state index contributed by atoms with van der Waals surface area (Å²) in [6.45, 7) is 0.432. The molecule has 3 unspecified atom stereocenters. The highest BCUT2D eigenvalue weighted by Gasteiger charge is 2.39. The molecule has 1 aromatic rings. The Morgan fingerprint density at radius 3 is 2.90 bits per heavy atom. The third-order valence-corrected chi connectivity index (χ3v) is 4.65. The summed E-state index contributed by atoms with van der Waals surface area (Å²) in [5.74, 6) is 1.75. The Kier molecular flexibility index (Phi) is 3.51. The van der Waals surface area contributed by atoms with Crippen LogP contribution in [0.1, 0.15) is 25.7 Å². The number of anilines is 1. The summed E-state index contributed by atoms with van der Waals surface area (Å²) in [6.07, 6.45) is 6.59. The minimum absolute atomic E-state index is 0.0648. The summed E-state index contributed by atoms with van der Waals surface area (Å²) in [7, 11) is 0. The Balaban J connectivity index is 1.52. The van der Waals surface area contributed by atoms with Crippen LogP contribution >= 0.6 is 0 Å². The standard InChI is InChI=1S/C15H20N2O3/c16-13-3-4-14(18)17(7-13)8-15(19)20-9-12-6-10-1-2-11(12)5-10/h3-4,7,10-12H,1-2,5-6,8-9,16H2. The Bertz CT molecular complexity index is 566. The number of fused-ring (bicyclic) bond motifs is 2. The first-order chi connectivity index (χ1) is 9.61. The normalized spacial score (nSPS) is 27.7. The molecule has 1 heterocycles. The number of rotatable bonds is 4. The quantitative estimate of drug-likeness (QED) is 0.844. The average Bonchev–Trinajstić information content (AvgIpc) is 3.03. The maximum Gasteiger partial charge on any atom is 0.326 e. The highest BCUT2D eigenvalue weighted by molar-refractivity contribution is 5.69. The number of nitrogens with two attached hydrogens (primary N) is 1. The van der Waals surface area contributed by atoms with Crippen LogP contribution in [0.25, 0.3) is 0 Å². The number of carbonyl (C=O) groups is 1. The van der Waals surface area contributed by atoms with Crippen molar-refractivity contribution in [2.24, 2.45) is 17.8 Å². The molecular weight excluding hydrogens is 256 g/mol. The molecule has 0 aromatic carbocycles. The number of ether oxygens (including phenoxy) is 1. The molecular formula is C15H20N2O3. The number of hydrogen-bond donors (Lipinski definition) is 1. The molecule has 5 nitrogen and oxygen atoms in total. The Morgan fingerprint density at radius 2 is 2.20 bits per heavy atom. The average molecular weight is 276 g/mol. The Morgan fingerprint density at radius 1 is 1.35 bits per heavy atom. The molecule has 20 heavy (non-hydrogen) atoms. The first kappa shape index (κ1) is 13.2. The SMILES string of the molecule is Nc1ccc(=O)n(CC(=O)OCC2CC3CCC2C3)c1. The lowest BCUT2D eigenvalue weighted by Gasteiger charge is -2.21. The number of nitrogens with zero attached hydrogens (tertiary/aromatic N) is 1. The second kappa shape index (κ2) is 5.31. The molecule has 5 heteroatoms. The zero-order valence-corrected chi connectivity index (χ0v) is 11.5. The monoisotopic (exact) mass is 276 g/mol. The van der Waals surface area contributed by atoms with E-state index in [0.29, 0.717) is 18.2 Å². The van der Waals surface area contributed by atoms with Crippen LogP contribution in [0.3, 0.4) is 0 Å². The van der Waals surface area contributed by atoms with E-state index in [1.807, 2.05) is 0 Å². The maximum atomic E-state index is 11.8. The smallest absolute Gasteiger partial charge is 0.326 e. The molecule has 0 spiro atoms. The van der Waals surface area contributed by atoms with Gasteiger partial charge in [0.05, 0.1) is 6.61 Å². The lowest BCUT2D eigenvalue weighted by Crippen LogP contribution is -2.26. The second-order valence-electron chi connectivity index (χ2n) is 6.05. The minimum atomic E-state index is -0.361. The van der Waals surface area contributed by atoms with Crippen molar-refractivity contribution < 1.29 is 9.53 Å². The molecule has 2 aliphatic rings. The summed E-state index contributed by atoms with van der Waals surface area (Å²) >= 11 is 0. The summed E-state index contributed by atoms with van der Waals surface area (Å²) in [5.41, 5.74) is 5.83. The number of nitrogen functional groups attached to an aromatic ring is 1. The number of pyridine rings is 1. The summed E-state index contributed by atoms with van der Waals surface area (Å²) < 4.78 is 6.63. The van der Waals surface area contributed by atoms with Gasteiger partial charge < -0.3 is 15.0 Å². The van der Waals surface area contributed by atoms with E-state index in [1.54, 1.807) is 0 Å². The van der Waals surface area contributed by atoms with E-state index in [4.69, 9.17) is 10.5 Å². The van der Waals surface area contributed by atoms with Gasteiger partial charge in [0, 0.05) is 18.0 Å². The molecule has 3 atom stereocenters. The van der Waals surface area contributed by atoms with Gasteiger partial charge in [-0.2, -0.15) is 0 Å². The van der Waals surface area contributed by atoms with Crippen LogP contribution in [0, 0.1) is 17.8 Å². The van der Waals surface area contributed by atoms with E-state index in [2.05, 4.69) is 0 Å². The van der Waals surface area contributed by atoms with Crippen LogP contribution in [0.4, 0.5) is 5.69 Å². The molecule has 2 aliphatic carbocycles. The van der Waals surface area contributed by atoms with Crippen LogP contribution < -0.4 is 11.3 Å². The van der Waals surface area contributed by atoms with Crippen molar-refractivity contribution in [1.82, 2.24) is 4.57 Å². The van der Waals surface area contributed by atoms with Crippen molar-refractivity contribution in [2.45, 2.75) is 32.2 Å². The highest BCUT2D eigenvalue weighted by Crippen LogP contribution is 2.48. The van der Waals surface area contributed by atoms with Crippen LogP contribution in [0.5, 0.6) is 0 Å². The van der Waals surface area contributed by atoms with Crippen LogP contribution in [0.15, 0.2) is 23.1 Å². The van der Waals surface area contributed by atoms with E-state index in [1.165, 1.54) is 48.6 Å². The third-order valence-electron chi connectivity index (χ3n) is 4.65. The lowest BCUT2D eigenvalue weighted by molar-refractivity contribution is -0.146. The molecule has 1 aromatic heterocycles. The zero-order valence-electron chi connectivity index (χ0n) is 11.5. The first-order valence-electron chi connectivity index (χ1n) is 7.23. The number of aromatic nitrogens is 1. The fourth-order valence-corrected chi connectivity index (χ4v) is 3.64. The molecule has 2 bridgehead atoms. The molecule has 0 saturated heterocycles. The van der Waals surface area contributed by atoms with Gasteiger partial charge in [-0.3, -0.25) is 9.59 Å². The van der Waals surface area contributed by atoms with Crippen molar-refractivity contribution in [3.63, 3.8) is 0 Å². The largest absolute Gasteiger partial charge is 0.464 e. The fourth-order valence-electron chi connectivity index (χ4n) is 3.64. The molecule has 2 fully saturated rings. The molecule has 3 rings (SSSR count). The number of carbonyl (C=O) groups excluding carboxylic acids is 1. The van der Waals surface area contributed by atoms with Crippen molar-refractivity contribution in [3.8, 4) is 0 Å². The third kappa shape index (κ3) is 2.71. The van der Waals surface area contributed by atoms with Gasteiger partial charge in [-0.05, 0) is 43.1 Å². The summed E-state index contributed by atoms with van der Waals surface area (Å²) in [4.78, 5) is 23.4. The van der Waals surface area contributed by atoms with Gasteiger partial charge in [-0.1, -0.05) is 6.42 Å². The molecule has 2 N–H and O–H groups in total. The van der Waals surface area contributed by atoms with Crippen LogP contribution in [-0.2, 0) is 16.1 Å². The van der Waals surface area contributed by atoms with Gasteiger partial charge in [0.15, 0.2) is 0 Å². The van der Waals surface area contributed by atoms with E-state index in [0.717, 1.165) is 11.8 Å². The topological polar surface area (TPSA) is 74.3 Å². The predicted octanol–water partition coefficient (Wildman–Crippen LogP) is 1.41. The highest BCUT2D eigenvalue weighted by atomic mass is 16.5. The van der Waals surface area contributed by atoms with E-state index < -0.39 is 0 Å². The molecule has 0 amide bonds. The maximum absolute atomic E-state index is 11.8. The summed E-state index contributed by atoms with van der Waals surface area (Å²) in [6, 6.07) is 2.89. The van der Waals surface area contributed by atoms with Crippen molar-refractivity contribution in [2.75, 3.05) is 12.3 Å². The van der Waals surface area contributed by atoms with Gasteiger partial charge in [0.2, 0.25) is 0 Å². The van der Waals surface area contributed by atoms with Crippen molar-refractivity contribution in [1.29, 1.82) is 0 Å². The Hall–Kier alpha value is -1.78. The van der Waals surface area contributed by atoms with Gasteiger partial charge in [-0.15, -0.1) is 0 Å². The zero-order chi connectivity index (χ0) is 14.1. The predicted molar refractivity (Wildman–Crippen MR) is 75.0 cm³/mol. The van der Waals surface area contributed by atoms with E-state index >= 15 is 0 Å². The van der Waals surface area contributed by atoms with Gasteiger partial charge >= 0.3 is 5.97 Å². The summed E-state index contributed by atoms with van der Waals surface area (Å²) in [5, 5.41) is 0. The molecule has 108 valence electrons. The van der Waals surface area contributed by atoms with Crippen LogP contribution in [-0.4, -0.2) is 17.1 Å². The number of esters is 1. The van der Waals surface area contributed by atoms with Crippen LogP contribution in [0.2, 0.25) is 0 Å².